The Morgan fingerprint density at radius 3 is 2.48 bits per heavy atom. The van der Waals surface area contributed by atoms with E-state index in [-0.39, 0.29) is 18.3 Å². The van der Waals surface area contributed by atoms with E-state index >= 15 is 0 Å². The molecular formula is C15H15F2N3O. The molecule has 0 spiro atoms. The predicted molar refractivity (Wildman–Crippen MR) is 78.5 cm³/mol. The molecule has 2 rings (SSSR count). The third-order valence-corrected chi connectivity index (χ3v) is 2.65. The lowest BCUT2D eigenvalue weighted by atomic mass is 10.2. The average molecular weight is 291 g/mol. The van der Waals surface area contributed by atoms with Gasteiger partial charge in [-0.25, -0.2) is 4.99 Å². The summed E-state index contributed by atoms with van der Waals surface area (Å²) in [5, 5.41) is 2.91. The van der Waals surface area contributed by atoms with E-state index < -0.39 is 6.61 Å². The molecule has 0 saturated carbocycles. The SMILES string of the molecule is NC(=NCc1ccccc1OC(F)F)Nc1ccccc1. The number of nitrogens with zero attached hydrogens (tertiary/aromatic N) is 1. The smallest absolute Gasteiger partial charge is 0.387 e. The molecular weight excluding hydrogens is 276 g/mol. The molecule has 0 unspecified atom stereocenters. The molecule has 0 heterocycles. The van der Waals surface area contributed by atoms with Gasteiger partial charge in [0.15, 0.2) is 5.96 Å². The van der Waals surface area contributed by atoms with Gasteiger partial charge in [-0.3, -0.25) is 0 Å². The first kappa shape index (κ1) is 14.8. The number of benzene rings is 2. The highest BCUT2D eigenvalue weighted by Crippen LogP contribution is 2.20. The molecule has 0 amide bonds. The van der Waals surface area contributed by atoms with Gasteiger partial charge in [0, 0.05) is 11.3 Å². The Kier molecular flexibility index (Phi) is 5.09. The number of para-hydroxylation sites is 2. The van der Waals surface area contributed by atoms with E-state index in [1.54, 1.807) is 18.2 Å². The van der Waals surface area contributed by atoms with Crippen molar-refractivity contribution in [1.82, 2.24) is 0 Å². The first-order valence-electron chi connectivity index (χ1n) is 6.30. The summed E-state index contributed by atoms with van der Waals surface area (Å²) in [5.74, 6) is 0.303. The zero-order valence-corrected chi connectivity index (χ0v) is 11.2. The van der Waals surface area contributed by atoms with E-state index in [4.69, 9.17) is 5.73 Å². The molecule has 0 bridgehead atoms. The first-order valence-corrected chi connectivity index (χ1v) is 6.30. The van der Waals surface area contributed by atoms with Gasteiger partial charge in [0.05, 0.1) is 6.54 Å². The number of anilines is 1. The number of hydrogen-bond acceptors (Lipinski definition) is 2. The largest absolute Gasteiger partial charge is 0.434 e. The summed E-state index contributed by atoms with van der Waals surface area (Å²) >= 11 is 0. The van der Waals surface area contributed by atoms with Gasteiger partial charge in [0.25, 0.3) is 0 Å². The summed E-state index contributed by atoms with van der Waals surface area (Å²) in [5.41, 5.74) is 7.09. The van der Waals surface area contributed by atoms with Crippen molar-refractivity contribution in [3.63, 3.8) is 0 Å². The molecule has 0 atom stereocenters. The van der Waals surface area contributed by atoms with Crippen molar-refractivity contribution in [2.24, 2.45) is 10.7 Å². The summed E-state index contributed by atoms with van der Waals surface area (Å²) in [4.78, 5) is 4.12. The second kappa shape index (κ2) is 7.23. The molecule has 0 aromatic heterocycles. The number of alkyl halides is 2. The van der Waals surface area contributed by atoms with Crippen LogP contribution < -0.4 is 15.8 Å². The van der Waals surface area contributed by atoms with E-state index in [2.05, 4.69) is 15.0 Å². The number of ether oxygens (including phenoxy) is 1. The Morgan fingerprint density at radius 1 is 1.10 bits per heavy atom. The topological polar surface area (TPSA) is 59.6 Å². The lowest BCUT2D eigenvalue weighted by molar-refractivity contribution is -0.0504. The van der Waals surface area contributed by atoms with Gasteiger partial charge in [0.2, 0.25) is 0 Å². The number of nitrogens with two attached hydrogens (primary N) is 1. The van der Waals surface area contributed by atoms with Gasteiger partial charge in [-0.2, -0.15) is 8.78 Å². The molecule has 0 fully saturated rings. The van der Waals surface area contributed by atoms with Crippen LogP contribution in [-0.4, -0.2) is 12.6 Å². The molecule has 4 nitrogen and oxygen atoms in total. The highest BCUT2D eigenvalue weighted by Gasteiger charge is 2.08. The van der Waals surface area contributed by atoms with Crippen LogP contribution in [0, 0.1) is 0 Å². The van der Waals surface area contributed by atoms with Crippen molar-refractivity contribution in [2.75, 3.05) is 5.32 Å². The normalized spacial score (nSPS) is 11.5. The fraction of sp³-hybridized carbons (Fsp3) is 0.133. The van der Waals surface area contributed by atoms with Crippen molar-refractivity contribution >= 4 is 11.6 Å². The van der Waals surface area contributed by atoms with Crippen LogP contribution in [0.4, 0.5) is 14.5 Å². The van der Waals surface area contributed by atoms with Gasteiger partial charge in [-0.05, 0) is 18.2 Å². The van der Waals surface area contributed by atoms with Crippen molar-refractivity contribution in [1.29, 1.82) is 0 Å². The minimum atomic E-state index is -2.87. The van der Waals surface area contributed by atoms with Gasteiger partial charge in [-0.1, -0.05) is 36.4 Å². The van der Waals surface area contributed by atoms with Crippen LogP contribution in [0.3, 0.4) is 0 Å². The maximum absolute atomic E-state index is 12.3. The van der Waals surface area contributed by atoms with E-state index in [0.717, 1.165) is 5.69 Å². The zero-order valence-electron chi connectivity index (χ0n) is 11.2. The summed E-state index contributed by atoms with van der Waals surface area (Å²) in [6.45, 7) is -2.72. The third kappa shape index (κ3) is 4.76. The standard InChI is InChI=1S/C15H15F2N3O/c16-14(17)21-13-9-5-4-6-11(13)10-19-15(18)20-12-7-2-1-3-8-12/h1-9,14H,10H2,(H3,18,19,20). The van der Waals surface area contributed by atoms with Crippen LogP contribution in [0.25, 0.3) is 0 Å². The lowest BCUT2D eigenvalue weighted by Crippen LogP contribution is -2.22. The Labute approximate surface area is 121 Å². The van der Waals surface area contributed by atoms with Gasteiger partial charge >= 0.3 is 6.61 Å². The van der Waals surface area contributed by atoms with E-state index in [0.29, 0.717) is 5.56 Å². The van der Waals surface area contributed by atoms with Gasteiger partial charge in [-0.15, -0.1) is 0 Å². The summed E-state index contributed by atoms with van der Waals surface area (Å²) < 4.78 is 29.0. The fourth-order valence-electron chi connectivity index (χ4n) is 1.72. The van der Waals surface area contributed by atoms with E-state index in [1.807, 2.05) is 30.3 Å². The molecule has 2 aromatic rings. The third-order valence-electron chi connectivity index (χ3n) is 2.65. The highest BCUT2D eigenvalue weighted by molar-refractivity contribution is 5.92. The number of nitrogens with one attached hydrogen (secondary N) is 1. The van der Waals surface area contributed by atoms with Crippen LogP contribution in [0.15, 0.2) is 59.6 Å². The number of halogens is 2. The molecule has 2 aromatic carbocycles. The molecule has 3 N–H and O–H groups in total. The van der Waals surface area contributed by atoms with Crippen LogP contribution in [0.2, 0.25) is 0 Å². The average Bonchev–Trinajstić information content (AvgIpc) is 2.47. The van der Waals surface area contributed by atoms with E-state index in [1.165, 1.54) is 6.07 Å². The Bertz CT molecular complexity index is 603. The van der Waals surface area contributed by atoms with Crippen LogP contribution in [0.5, 0.6) is 5.75 Å². The molecule has 6 heteroatoms. The highest BCUT2D eigenvalue weighted by atomic mass is 19.3. The second-order valence-corrected chi connectivity index (χ2v) is 4.18. The number of hydrogen-bond donors (Lipinski definition) is 2. The molecule has 0 aliphatic carbocycles. The Hall–Kier alpha value is -2.63. The summed E-state index contributed by atoms with van der Waals surface area (Å²) in [7, 11) is 0. The van der Waals surface area contributed by atoms with Gasteiger partial charge < -0.3 is 15.8 Å². The molecule has 0 radical (unpaired) electrons. The lowest BCUT2D eigenvalue weighted by Gasteiger charge is -2.09. The van der Waals surface area contributed by atoms with Crippen molar-refractivity contribution in [3.8, 4) is 5.75 Å². The molecule has 0 aliphatic heterocycles. The number of rotatable bonds is 5. The van der Waals surface area contributed by atoms with Gasteiger partial charge in [0.1, 0.15) is 5.75 Å². The maximum Gasteiger partial charge on any atom is 0.387 e. The Balaban J connectivity index is 2.03. The van der Waals surface area contributed by atoms with Crippen LogP contribution in [-0.2, 0) is 6.54 Å². The minimum Gasteiger partial charge on any atom is -0.434 e. The summed E-state index contributed by atoms with van der Waals surface area (Å²) in [6, 6.07) is 15.8. The van der Waals surface area contributed by atoms with Crippen molar-refractivity contribution < 1.29 is 13.5 Å². The summed E-state index contributed by atoms with van der Waals surface area (Å²) in [6.07, 6.45) is 0. The monoisotopic (exact) mass is 291 g/mol. The van der Waals surface area contributed by atoms with Crippen molar-refractivity contribution in [2.45, 2.75) is 13.2 Å². The quantitative estimate of drug-likeness (QED) is 0.657. The molecule has 0 saturated heterocycles. The maximum atomic E-state index is 12.3. The molecule has 0 aliphatic rings. The fourth-order valence-corrected chi connectivity index (χ4v) is 1.72. The zero-order chi connectivity index (χ0) is 15.1. The molecule has 110 valence electrons. The second-order valence-electron chi connectivity index (χ2n) is 4.18. The number of aliphatic imine (C=N–C) groups is 1. The minimum absolute atomic E-state index is 0.101. The molecule has 21 heavy (non-hydrogen) atoms. The van der Waals surface area contributed by atoms with Crippen LogP contribution in [0.1, 0.15) is 5.56 Å². The Morgan fingerprint density at radius 2 is 1.76 bits per heavy atom. The van der Waals surface area contributed by atoms with Crippen molar-refractivity contribution in [3.05, 3.63) is 60.2 Å². The first-order chi connectivity index (χ1) is 10.1. The number of guanidine groups is 1. The van der Waals surface area contributed by atoms with E-state index in [9.17, 15) is 8.78 Å². The predicted octanol–water partition coefficient (Wildman–Crippen LogP) is 3.21. The van der Waals surface area contributed by atoms with Crippen LogP contribution >= 0.6 is 0 Å².